The Labute approximate surface area is 109 Å². The second kappa shape index (κ2) is 4.65. The van der Waals surface area contributed by atoms with Crippen LogP contribution in [0.2, 0.25) is 0 Å². The summed E-state index contributed by atoms with van der Waals surface area (Å²) in [6.07, 6.45) is 0.894. The topological polar surface area (TPSA) is 32.9 Å². The van der Waals surface area contributed by atoms with Gasteiger partial charge in [0.05, 0.1) is 5.52 Å². The molecule has 1 heterocycles. The van der Waals surface area contributed by atoms with E-state index in [2.05, 4.69) is 34.8 Å². The molecule has 1 N–H and O–H groups in total. The van der Waals surface area contributed by atoms with Crippen molar-refractivity contribution in [2.24, 2.45) is 5.92 Å². The van der Waals surface area contributed by atoms with Crippen LogP contribution in [-0.4, -0.2) is 4.98 Å². The summed E-state index contributed by atoms with van der Waals surface area (Å²) in [7, 11) is 0. The molecule has 0 bridgehead atoms. The Morgan fingerprint density at radius 3 is 2.65 bits per heavy atom. The zero-order chi connectivity index (χ0) is 12.6. The number of H-pyrrole nitrogens is 1. The van der Waals surface area contributed by atoms with Crippen LogP contribution in [0, 0.1) is 12.8 Å². The molecule has 17 heavy (non-hydrogen) atoms. The van der Waals surface area contributed by atoms with Gasteiger partial charge in [-0.15, -0.1) is 0 Å². The number of aromatic amines is 1. The SMILES string of the molecule is Cc1cc(Br)c2[nH]c(CC(C)C)cc(=O)c2c1. The molecule has 0 aliphatic carbocycles. The molecule has 0 atom stereocenters. The number of aromatic nitrogens is 1. The predicted molar refractivity (Wildman–Crippen MR) is 75.5 cm³/mol. The molecule has 2 aromatic rings. The minimum absolute atomic E-state index is 0.0961. The van der Waals surface area contributed by atoms with Gasteiger partial charge in [0.15, 0.2) is 5.43 Å². The van der Waals surface area contributed by atoms with Crippen molar-refractivity contribution in [1.82, 2.24) is 4.98 Å². The van der Waals surface area contributed by atoms with Crippen LogP contribution in [-0.2, 0) is 6.42 Å². The first kappa shape index (κ1) is 12.4. The van der Waals surface area contributed by atoms with Gasteiger partial charge in [-0.2, -0.15) is 0 Å². The van der Waals surface area contributed by atoms with E-state index in [0.29, 0.717) is 5.92 Å². The molecule has 0 unspecified atom stereocenters. The molecule has 0 spiro atoms. The summed E-state index contributed by atoms with van der Waals surface area (Å²) in [5.74, 6) is 0.535. The monoisotopic (exact) mass is 293 g/mol. The van der Waals surface area contributed by atoms with Gasteiger partial charge in [-0.3, -0.25) is 4.79 Å². The zero-order valence-electron chi connectivity index (χ0n) is 10.3. The van der Waals surface area contributed by atoms with Crippen molar-refractivity contribution in [3.63, 3.8) is 0 Å². The molecule has 1 aromatic carbocycles. The van der Waals surface area contributed by atoms with Crippen LogP contribution in [0.5, 0.6) is 0 Å². The maximum absolute atomic E-state index is 12.0. The Balaban J connectivity index is 2.69. The first-order valence-corrected chi connectivity index (χ1v) is 6.58. The van der Waals surface area contributed by atoms with Crippen LogP contribution in [0.25, 0.3) is 10.9 Å². The number of rotatable bonds is 2. The maximum Gasteiger partial charge on any atom is 0.189 e. The average Bonchev–Trinajstić information content (AvgIpc) is 2.19. The number of aryl methyl sites for hydroxylation is 1. The number of hydrogen-bond donors (Lipinski definition) is 1. The van der Waals surface area contributed by atoms with Crippen molar-refractivity contribution in [3.05, 3.63) is 44.2 Å². The summed E-state index contributed by atoms with van der Waals surface area (Å²) >= 11 is 3.51. The lowest BCUT2D eigenvalue weighted by Crippen LogP contribution is -2.08. The average molecular weight is 294 g/mol. The van der Waals surface area contributed by atoms with Crippen LogP contribution in [0.3, 0.4) is 0 Å². The van der Waals surface area contributed by atoms with Crippen molar-refractivity contribution in [2.45, 2.75) is 27.2 Å². The molecule has 0 radical (unpaired) electrons. The fourth-order valence-corrected chi connectivity index (χ4v) is 2.72. The van der Waals surface area contributed by atoms with Crippen LogP contribution in [0.15, 0.2) is 27.5 Å². The highest BCUT2D eigenvalue weighted by Crippen LogP contribution is 2.22. The molecule has 2 rings (SSSR count). The summed E-state index contributed by atoms with van der Waals surface area (Å²) in [6.45, 7) is 6.28. The van der Waals surface area contributed by atoms with Crippen molar-refractivity contribution >= 4 is 26.8 Å². The predicted octanol–water partition coefficient (Wildman–Crippen LogP) is 3.80. The summed E-state index contributed by atoms with van der Waals surface area (Å²) in [4.78, 5) is 15.4. The van der Waals surface area contributed by atoms with Gasteiger partial charge >= 0.3 is 0 Å². The van der Waals surface area contributed by atoms with Gasteiger partial charge in [0.1, 0.15) is 0 Å². The molecule has 0 fully saturated rings. The summed E-state index contributed by atoms with van der Waals surface area (Å²) in [6, 6.07) is 5.67. The Bertz CT molecular complexity index is 613. The normalized spacial score (nSPS) is 11.4. The first-order chi connectivity index (χ1) is 7.97. The second-order valence-corrected chi connectivity index (χ2v) is 5.78. The summed E-state index contributed by atoms with van der Waals surface area (Å²) in [5, 5.41) is 0.754. The molecule has 0 saturated heterocycles. The van der Waals surface area contributed by atoms with Crippen molar-refractivity contribution in [3.8, 4) is 0 Å². The lowest BCUT2D eigenvalue weighted by Gasteiger charge is -2.08. The summed E-state index contributed by atoms with van der Waals surface area (Å²) in [5.41, 5.74) is 3.09. The lowest BCUT2D eigenvalue weighted by molar-refractivity contribution is 0.636. The Morgan fingerprint density at radius 1 is 1.29 bits per heavy atom. The Kier molecular flexibility index (Phi) is 3.38. The van der Waals surface area contributed by atoms with Gasteiger partial charge in [0, 0.05) is 21.6 Å². The van der Waals surface area contributed by atoms with Crippen molar-refractivity contribution in [2.75, 3.05) is 0 Å². The number of nitrogens with one attached hydrogen (secondary N) is 1. The second-order valence-electron chi connectivity index (χ2n) is 4.93. The minimum Gasteiger partial charge on any atom is -0.357 e. The number of pyridine rings is 1. The van der Waals surface area contributed by atoms with Gasteiger partial charge in [0.2, 0.25) is 0 Å². The standard InChI is InChI=1S/C14H16BrNO/c1-8(2)4-10-7-13(17)11-5-9(3)6-12(15)14(11)16-10/h5-8H,4H2,1-3H3,(H,16,17). The molecule has 0 aliphatic rings. The molecular weight excluding hydrogens is 278 g/mol. The van der Waals surface area contributed by atoms with Crippen molar-refractivity contribution < 1.29 is 0 Å². The minimum atomic E-state index is 0.0961. The van der Waals surface area contributed by atoms with Crippen LogP contribution < -0.4 is 5.43 Å². The number of fused-ring (bicyclic) bond motifs is 1. The number of benzene rings is 1. The third kappa shape index (κ3) is 2.60. The van der Waals surface area contributed by atoms with E-state index in [1.807, 2.05) is 19.1 Å². The molecule has 2 nitrogen and oxygen atoms in total. The van der Waals surface area contributed by atoms with E-state index in [-0.39, 0.29) is 5.43 Å². The lowest BCUT2D eigenvalue weighted by atomic mass is 10.1. The largest absolute Gasteiger partial charge is 0.357 e. The maximum atomic E-state index is 12.0. The van der Waals surface area contributed by atoms with E-state index in [0.717, 1.165) is 33.1 Å². The number of hydrogen-bond acceptors (Lipinski definition) is 1. The van der Waals surface area contributed by atoms with Gasteiger partial charge in [-0.1, -0.05) is 13.8 Å². The fourth-order valence-electron chi connectivity index (χ4n) is 2.05. The fraction of sp³-hybridized carbons (Fsp3) is 0.357. The quantitative estimate of drug-likeness (QED) is 0.898. The Morgan fingerprint density at radius 2 is 2.00 bits per heavy atom. The van der Waals surface area contributed by atoms with Gasteiger partial charge < -0.3 is 4.98 Å². The van der Waals surface area contributed by atoms with E-state index >= 15 is 0 Å². The van der Waals surface area contributed by atoms with E-state index in [9.17, 15) is 4.79 Å². The van der Waals surface area contributed by atoms with Crippen LogP contribution in [0.4, 0.5) is 0 Å². The zero-order valence-corrected chi connectivity index (χ0v) is 11.9. The highest BCUT2D eigenvalue weighted by atomic mass is 79.9. The van der Waals surface area contributed by atoms with Gasteiger partial charge in [-0.05, 0) is 52.9 Å². The molecule has 3 heteroatoms. The first-order valence-electron chi connectivity index (χ1n) is 5.79. The van der Waals surface area contributed by atoms with Gasteiger partial charge in [-0.25, -0.2) is 0 Å². The van der Waals surface area contributed by atoms with E-state index < -0.39 is 0 Å². The van der Waals surface area contributed by atoms with Crippen LogP contribution in [0.1, 0.15) is 25.1 Å². The smallest absolute Gasteiger partial charge is 0.189 e. The van der Waals surface area contributed by atoms with E-state index in [4.69, 9.17) is 0 Å². The van der Waals surface area contributed by atoms with E-state index in [1.165, 1.54) is 0 Å². The van der Waals surface area contributed by atoms with Gasteiger partial charge in [0.25, 0.3) is 0 Å². The summed E-state index contributed by atoms with van der Waals surface area (Å²) < 4.78 is 0.954. The van der Waals surface area contributed by atoms with E-state index in [1.54, 1.807) is 6.07 Å². The van der Waals surface area contributed by atoms with Crippen LogP contribution >= 0.6 is 15.9 Å². The highest BCUT2D eigenvalue weighted by Gasteiger charge is 2.07. The molecule has 90 valence electrons. The van der Waals surface area contributed by atoms with Crippen molar-refractivity contribution in [1.29, 1.82) is 0 Å². The molecule has 0 saturated carbocycles. The molecule has 1 aromatic heterocycles. The molecule has 0 amide bonds. The molecule has 0 aliphatic heterocycles. The third-order valence-corrected chi connectivity index (χ3v) is 3.34. The molecular formula is C14H16BrNO. The highest BCUT2D eigenvalue weighted by molar-refractivity contribution is 9.10. The third-order valence-electron chi connectivity index (χ3n) is 2.72. The number of halogens is 1. The Hall–Kier alpha value is -1.09.